The van der Waals surface area contributed by atoms with Crippen LogP contribution in [0.1, 0.15) is 34.1 Å². The van der Waals surface area contributed by atoms with E-state index >= 15 is 0 Å². The largest absolute Gasteiger partial charge is 0.345 e. The van der Waals surface area contributed by atoms with Crippen LogP contribution in [0.2, 0.25) is 0 Å². The second kappa shape index (κ2) is 6.13. The Hall–Kier alpha value is -0.380. The summed E-state index contributed by atoms with van der Waals surface area (Å²) >= 11 is 0. The van der Waals surface area contributed by atoms with E-state index in [2.05, 4.69) is 6.58 Å². The van der Waals surface area contributed by atoms with E-state index in [4.69, 9.17) is 14.5 Å². The highest BCUT2D eigenvalue weighted by Crippen LogP contribution is 2.19. The lowest BCUT2D eigenvalue weighted by Crippen LogP contribution is -2.29. The molecule has 1 rings (SSSR count). The average Bonchev–Trinajstić information content (AvgIpc) is 2.11. The minimum atomic E-state index is -0.587. The van der Waals surface area contributed by atoms with Crippen LogP contribution in [0, 0.1) is 0 Å². The van der Waals surface area contributed by atoms with Crippen molar-refractivity contribution in [2.45, 2.75) is 46.0 Å². The molecular formula is C10H20O3. The van der Waals surface area contributed by atoms with Crippen molar-refractivity contribution < 1.29 is 14.5 Å². The zero-order valence-corrected chi connectivity index (χ0v) is 9.00. The summed E-state index contributed by atoms with van der Waals surface area (Å²) < 4.78 is 5.45. The predicted octanol–water partition coefficient (Wildman–Crippen LogP) is 2.67. The quantitative estimate of drug-likeness (QED) is 0.432. The fourth-order valence-electron chi connectivity index (χ4n) is 0.961. The molecule has 1 aliphatic heterocycles. The summed E-state index contributed by atoms with van der Waals surface area (Å²) in [6.07, 6.45) is 2.86. The fraction of sp³-hybridized carbons (Fsp3) is 0.800. The monoisotopic (exact) mass is 188 g/mol. The molecule has 13 heavy (non-hydrogen) atoms. The zero-order chi connectivity index (χ0) is 10.3. The molecule has 78 valence electrons. The molecule has 1 heterocycles. The van der Waals surface area contributed by atoms with Crippen molar-refractivity contribution in [3.05, 3.63) is 12.7 Å². The SMILES string of the molecule is C=CC.CC1CCOOC(C)(C)O1. The summed E-state index contributed by atoms with van der Waals surface area (Å²) in [6, 6.07) is 0. The molecule has 0 aromatic carbocycles. The molecule has 0 aromatic heterocycles. The van der Waals surface area contributed by atoms with Gasteiger partial charge < -0.3 is 4.74 Å². The van der Waals surface area contributed by atoms with Crippen LogP contribution in [0.3, 0.4) is 0 Å². The van der Waals surface area contributed by atoms with Gasteiger partial charge in [0.2, 0.25) is 0 Å². The van der Waals surface area contributed by atoms with Gasteiger partial charge in [0.05, 0.1) is 12.7 Å². The Balaban J connectivity index is 0.000000424. The maximum atomic E-state index is 5.45. The second-order valence-corrected chi connectivity index (χ2v) is 3.43. The van der Waals surface area contributed by atoms with Crippen LogP contribution < -0.4 is 0 Å². The van der Waals surface area contributed by atoms with Gasteiger partial charge in [0, 0.05) is 0 Å². The molecule has 0 amide bonds. The van der Waals surface area contributed by atoms with E-state index < -0.39 is 5.79 Å². The lowest BCUT2D eigenvalue weighted by Gasteiger charge is -2.23. The van der Waals surface area contributed by atoms with Crippen LogP contribution in [0.4, 0.5) is 0 Å². The van der Waals surface area contributed by atoms with Gasteiger partial charge in [-0.3, -0.25) is 0 Å². The highest BCUT2D eigenvalue weighted by molar-refractivity contribution is 4.59. The van der Waals surface area contributed by atoms with E-state index in [1.807, 2.05) is 27.7 Å². The molecule has 0 bridgehead atoms. The number of ether oxygens (including phenoxy) is 1. The topological polar surface area (TPSA) is 27.7 Å². The first-order chi connectivity index (χ1) is 6.02. The molecular weight excluding hydrogens is 168 g/mol. The van der Waals surface area contributed by atoms with Crippen molar-refractivity contribution in [3.63, 3.8) is 0 Å². The van der Waals surface area contributed by atoms with Crippen molar-refractivity contribution in [2.24, 2.45) is 0 Å². The predicted molar refractivity (Wildman–Crippen MR) is 52.2 cm³/mol. The Labute approximate surface area is 80.6 Å². The smallest absolute Gasteiger partial charge is 0.196 e. The highest BCUT2D eigenvalue weighted by Gasteiger charge is 2.26. The van der Waals surface area contributed by atoms with Gasteiger partial charge in [-0.15, -0.1) is 6.58 Å². The van der Waals surface area contributed by atoms with Crippen molar-refractivity contribution >= 4 is 0 Å². The number of hydrogen-bond donors (Lipinski definition) is 0. The third-order valence-electron chi connectivity index (χ3n) is 1.35. The third kappa shape index (κ3) is 6.75. The van der Waals surface area contributed by atoms with Crippen LogP contribution in [0.15, 0.2) is 12.7 Å². The highest BCUT2D eigenvalue weighted by atomic mass is 17.2. The third-order valence-corrected chi connectivity index (χ3v) is 1.35. The maximum Gasteiger partial charge on any atom is 0.196 e. The molecule has 1 saturated heterocycles. The van der Waals surface area contributed by atoms with E-state index in [9.17, 15) is 0 Å². The Morgan fingerprint density at radius 1 is 1.46 bits per heavy atom. The number of hydrogen-bond acceptors (Lipinski definition) is 3. The van der Waals surface area contributed by atoms with Crippen molar-refractivity contribution in [2.75, 3.05) is 6.61 Å². The molecule has 3 nitrogen and oxygen atoms in total. The van der Waals surface area contributed by atoms with E-state index in [1.165, 1.54) is 0 Å². The van der Waals surface area contributed by atoms with Crippen molar-refractivity contribution in [3.8, 4) is 0 Å². The Bertz CT molecular complexity index is 143. The molecule has 0 aromatic rings. The molecule has 0 saturated carbocycles. The minimum Gasteiger partial charge on any atom is -0.345 e. The van der Waals surface area contributed by atoms with Gasteiger partial charge in [-0.2, -0.15) is 0 Å². The van der Waals surface area contributed by atoms with Crippen LogP contribution in [-0.4, -0.2) is 18.5 Å². The van der Waals surface area contributed by atoms with E-state index in [0.717, 1.165) is 6.42 Å². The first kappa shape index (κ1) is 12.6. The summed E-state index contributed by atoms with van der Waals surface area (Å²) in [5.74, 6) is -0.587. The van der Waals surface area contributed by atoms with Gasteiger partial charge in [-0.1, -0.05) is 6.08 Å². The normalized spacial score (nSPS) is 26.6. The summed E-state index contributed by atoms with van der Waals surface area (Å²) in [4.78, 5) is 9.79. The van der Waals surface area contributed by atoms with E-state index in [-0.39, 0.29) is 6.10 Å². The first-order valence-electron chi connectivity index (χ1n) is 4.57. The second-order valence-electron chi connectivity index (χ2n) is 3.43. The lowest BCUT2D eigenvalue weighted by atomic mass is 10.3. The zero-order valence-electron chi connectivity index (χ0n) is 9.00. The fourth-order valence-corrected chi connectivity index (χ4v) is 0.961. The van der Waals surface area contributed by atoms with Gasteiger partial charge in [0.15, 0.2) is 5.79 Å². The van der Waals surface area contributed by atoms with Gasteiger partial charge in [-0.05, 0) is 34.1 Å². The average molecular weight is 188 g/mol. The maximum absolute atomic E-state index is 5.45. The molecule has 3 heteroatoms. The standard InChI is InChI=1S/C7H14O3.C3H6/c1-6-4-5-8-10-7(2,3)9-6;1-3-2/h6H,4-5H2,1-3H3;3H,1H2,2H3. The van der Waals surface area contributed by atoms with Crippen LogP contribution in [0.25, 0.3) is 0 Å². The van der Waals surface area contributed by atoms with Gasteiger partial charge in [0.1, 0.15) is 0 Å². The summed E-state index contributed by atoms with van der Waals surface area (Å²) in [5, 5.41) is 0. The Morgan fingerprint density at radius 2 is 2.00 bits per heavy atom. The molecule has 0 N–H and O–H groups in total. The molecule has 0 aliphatic carbocycles. The van der Waals surface area contributed by atoms with Crippen LogP contribution in [-0.2, 0) is 14.5 Å². The van der Waals surface area contributed by atoms with Gasteiger partial charge in [-0.25, -0.2) is 9.78 Å². The van der Waals surface area contributed by atoms with Crippen molar-refractivity contribution in [1.82, 2.24) is 0 Å². The van der Waals surface area contributed by atoms with Crippen LogP contribution >= 0.6 is 0 Å². The number of allylic oxidation sites excluding steroid dienone is 1. The Morgan fingerprint density at radius 3 is 2.54 bits per heavy atom. The molecule has 1 aliphatic rings. The van der Waals surface area contributed by atoms with E-state index in [1.54, 1.807) is 6.08 Å². The van der Waals surface area contributed by atoms with Gasteiger partial charge >= 0.3 is 0 Å². The molecule has 1 unspecified atom stereocenters. The van der Waals surface area contributed by atoms with Crippen molar-refractivity contribution in [1.29, 1.82) is 0 Å². The number of rotatable bonds is 0. The van der Waals surface area contributed by atoms with E-state index in [0.29, 0.717) is 6.61 Å². The van der Waals surface area contributed by atoms with Crippen LogP contribution in [0.5, 0.6) is 0 Å². The summed E-state index contributed by atoms with van der Waals surface area (Å²) in [6.45, 7) is 11.6. The molecule has 0 spiro atoms. The summed E-state index contributed by atoms with van der Waals surface area (Å²) in [7, 11) is 0. The summed E-state index contributed by atoms with van der Waals surface area (Å²) in [5.41, 5.74) is 0. The van der Waals surface area contributed by atoms with Gasteiger partial charge in [0.25, 0.3) is 0 Å². The molecule has 1 atom stereocenters. The first-order valence-corrected chi connectivity index (χ1v) is 4.57. The molecule has 1 fully saturated rings. The minimum absolute atomic E-state index is 0.220. The lowest BCUT2D eigenvalue weighted by molar-refractivity contribution is -0.405. The Kier molecular flexibility index (Phi) is 5.95. The molecule has 0 radical (unpaired) electrons.